The molecule has 1 rings (SSSR count). The minimum absolute atomic E-state index is 0.334. The molecule has 0 aliphatic carbocycles. The number of rotatable bonds is 3. The van der Waals surface area contributed by atoms with Crippen LogP contribution < -0.4 is 5.73 Å². The lowest BCUT2D eigenvalue weighted by Gasteiger charge is -2.13. The van der Waals surface area contributed by atoms with Gasteiger partial charge in [-0.2, -0.15) is 5.26 Å². The Balaban J connectivity index is 3.17. The number of hydrogen-bond acceptors (Lipinski definition) is 3. The maximum absolute atomic E-state index is 13.1. The molecule has 0 amide bonds. The molecule has 0 aliphatic rings. The van der Waals surface area contributed by atoms with E-state index in [0.717, 1.165) is 12.5 Å². The van der Waals surface area contributed by atoms with Gasteiger partial charge in [0.15, 0.2) is 0 Å². The molecule has 0 radical (unpaired) electrons. The van der Waals surface area contributed by atoms with Crippen LogP contribution in [0.2, 0.25) is 0 Å². The zero-order valence-electron chi connectivity index (χ0n) is 8.50. The molecule has 3 nitrogen and oxygen atoms in total. The number of nitrogens with two attached hydrogens (primary N) is 1. The van der Waals surface area contributed by atoms with Crippen LogP contribution in [0.15, 0.2) is 12.1 Å². The molecule has 80 valence electrons. The van der Waals surface area contributed by atoms with Crippen LogP contribution in [0.3, 0.4) is 0 Å². The normalized spacial score (nSPS) is 12.1. The number of hydrogen-bond donors (Lipinski definition) is 2. The number of phenolic OH excluding ortho intramolecular Hbond substituents is 1. The van der Waals surface area contributed by atoms with Crippen LogP contribution >= 0.6 is 0 Å². The smallest absolute Gasteiger partial charge is 0.144 e. The molecular formula is C11H13FN2O. The van der Waals surface area contributed by atoms with Gasteiger partial charge in [-0.3, -0.25) is 0 Å². The molecule has 1 aromatic carbocycles. The Morgan fingerprint density at radius 1 is 1.60 bits per heavy atom. The van der Waals surface area contributed by atoms with Crippen molar-refractivity contribution in [1.29, 1.82) is 5.26 Å². The number of benzene rings is 1. The van der Waals surface area contributed by atoms with Gasteiger partial charge >= 0.3 is 0 Å². The van der Waals surface area contributed by atoms with E-state index >= 15 is 0 Å². The van der Waals surface area contributed by atoms with Crippen molar-refractivity contribution in [2.75, 3.05) is 0 Å². The largest absolute Gasteiger partial charge is 0.506 e. The third-order valence-corrected chi connectivity index (χ3v) is 2.27. The molecule has 1 aromatic rings. The van der Waals surface area contributed by atoms with Crippen LogP contribution in [0.25, 0.3) is 0 Å². The van der Waals surface area contributed by atoms with E-state index in [1.807, 2.05) is 6.92 Å². The van der Waals surface area contributed by atoms with Crippen LogP contribution in [-0.2, 0) is 0 Å². The van der Waals surface area contributed by atoms with E-state index < -0.39 is 5.82 Å². The predicted molar refractivity (Wildman–Crippen MR) is 54.6 cm³/mol. The van der Waals surface area contributed by atoms with E-state index in [-0.39, 0.29) is 17.4 Å². The van der Waals surface area contributed by atoms with Crippen LogP contribution in [0, 0.1) is 17.1 Å². The zero-order chi connectivity index (χ0) is 11.4. The quantitative estimate of drug-likeness (QED) is 0.800. The van der Waals surface area contributed by atoms with Crippen molar-refractivity contribution in [2.24, 2.45) is 5.73 Å². The highest BCUT2D eigenvalue weighted by Gasteiger charge is 2.16. The van der Waals surface area contributed by atoms with Gasteiger partial charge in [0.25, 0.3) is 0 Å². The molecule has 0 saturated carbocycles. The molecule has 0 unspecified atom stereocenters. The highest BCUT2D eigenvalue weighted by atomic mass is 19.1. The third-order valence-electron chi connectivity index (χ3n) is 2.27. The summed E-state index contributed by atoms with van der Waals surface area (Å²) in [5.74, 6) is -1.05. The fourth-order valence-electron chi connectivity index (χ4n) is 1.45. The summed E-state index contributed by atoms with van der Waals surface area (Å²) >= 11 is 0. The summed E-state index contributed by atoms with van der Waals surface area (Å²) in [6.45, 7) is 1.96. The van der Waals surface area contributed by atoms with Crippen LogP contribution in [0.5, 0.6) is 5.75 Å². The maximum Gasteiger partial charge on any atom is 0.144 e. The van der Waals surface area contributed by atoms with Crippen molar-refractivity contribution in [1.82, 2.24) is 0 Å². The van der Waals surface area contributed by atoms with Crippen LogP contribution in [0.1, 0.15) is 36.9 Å². The lowest BCUT2D eigenvalue weighted by atomic mass is 9.99. The van der Waals surface area contributed by atoms with Crippen LogP contribution in [0.4, 0.5) is 4.39 Å². The highest BCUT2D eigenvalue weighted by molar-refractivity contribution is 5.49. The molecule has 0 aliphatic heterocycles. The Hall–Kier alpha value is -1.60. The maximum atomic E-state index is 13.1. The molecular weight excluding hydrogens is 195 g/mol. The van der Waals surface area contributed by atoms with Crippen LogP contribution in [-0.4, -0.2) is 5.11 Å². The van der Waals surface area contributed by atoms with Gasteiger partial charge in [-0.15, -0.1) is 0 Å². The van der Waals surface area contributed by atoms with Gasteiger partial charge in [-0.25, -0.2) is 4.39 Å². The van der Waals surface area contributed by atoms with Crippen molar-refractivity contribution in [3.63, 3.8) is 0 Å². The average Bonchev–Trinajstić information content (AvgIpc) is 2.18. The SMILES string of the molecule is CCC[C@@H](N)c1ccc(F)c(C#N)c1O. The molecule has 0 aromatic heterocycles. The van der Waals surface area contributed by atoms with E-state index in [0.29, 0.717) is 12.0 Å². The Kier molecular flexibility index (Phi) is 3.64. The van der Waals surface area contributed by atoms with Gasteiger partial charge in [-0.1, -0.05) is 19.4 Å². The molecule has 4 heteroatoms. The molecule has 1 atom stereocenters. The first-order valence-corrected chi connectivity index (χ1v) is 4.78. The number of phenols is 1. The van der Waals surface area contributed by atoms with Crippen molar-refractivity contribution < 1.29 is 9.50 Å². The first-order valence-electron chi connectivity index (χ1n) is 4.78. The van der Waals surface area contributed by atoms with Gasteiger partial charge in [0.2, 0.25) is 0 Å². The monoisotopic (exact) mass is 208 g/mol. The fraction of sp³-hybridized carbons (Fsp3) is 0.364. The summed E-state index contributed by atoms with van der Waals surface area (Å²) in [5.41, 5.74) is 5.88. The topological polar surface area (TPSA) is 70.0 Å². The number of nitrogens with zero attached hydrogens (tertiary/aromatic N) is 1. The van der Waals surface area contributed by atoms with E-state index in [9.17, 15) is 9.50 Å². The number of halogens is 1. The van der Waals surface area contributed by atoms with Gasteiger partial charge in [-0.05, 0) is 12.5 Å². The number of aromatic hydroxyl groups is 1. The average molecular weight is 208 g/mol. The zero-order valence-corrected chi connectivity index (χ0v) is 8.50. The summed E-state index contributed by atoms with van der Waals surface area (Å²) in [6.07, 6.45) is 1.55. The van der Waals surface area contributed by atoms with Gasteiger partial charge in [0.1, 0.15) is 23.2 Å². The Bertz CT molecular complexity index is 398. The van der Waals surface area contributed by atoms with Crippen molar-refractivity contribution in [3.8, 4) is 11.8 Å². The van der Waals surface area contributed by atoms with E-state index in [2.05, 4.69) is 0 Å². The molecule has 0 saturated heterocycles. The first kappa shape index (κ1) is 11.5. The summed E-state index contributed by atoms with van der Waals surface area (Å²) in [5, 5.41) is 18.3. The van der Waals surface area contributed by atoms with Crippen molar-refractivity contribution in [3.05, 3.63) is 29.1 Å². The predicted octanol–water partition coefficient (Wildman–Crippen LogP) is 2.20. The summed E-state index contributed by atoms with van der Waals surface area (Å²) in [7, 11) is 0. The number of nitriles is 1. The molecule has 0 heterocycles. The second-order valence-corrected chi connectivity index (χ2v) is 3.37. The van der Waals surface area contributed by atoms with E-state index in [1.54, 1.807) is 6.07 Å². The third kappa shape index (κ3) is 2.25. The van der Waals surface area contributed by atoms with Crippen molar-refractivity contribution in [2.45, 2.75) is 25.8 Å². The second-order valence-electron chi connectivity index (χ2n) is 3.37. The standard InChI is InChI=1S/C11H13FN2O/c1-2-3-10(14)7-4-5-9(12)8(6-13)11(7)15/h4-5,10,15H,2-3,14H2,1H3/t10-/m1/s1. The summed E-state index contributed by atoms with van der Waals surface area (Å²) in [6, 6.07) is 3.84. The highest BCUT2D eigenvalue weighted by Crippen LogP contribution is 2.30. The molecule has 15 heavy (non-hydrogen) atoms. The molecule has 0 bridgehead atoms. The van der Waals surface area contributed by atoms with Crippen molar-refractivity contribution >= 4 is 0 Å². The molecule has 3 N–H and O–H groups in total. The molecule has 0 spiro atoms. The summed E-state index contributed by atoms with van der Waals surface area (Å²) in [4.78, 5) is 0. The minimum Gasteiger partial charge on any atom is -0.506 e. The second kappa shape index (κ2) is 4.76. The Morgan fingerprint density at radius 2 is 2.27 bits per heavy atom. The lowest BCUT2D eigenvalue weighted by Crippen LogP contribution is -2.10. The first-order chi connectivity index (χ1) is 7.11. The lowest BCUT2D eigenvalue weighted by molar-refractivity contribution is 0.449. The van der Waals surface area contributed by atoms with Gasteiger partial charge in [0, 0.05) is 11.6 Å². The minimum atomic E-state index is -0.720. The van der Waals surface area contributed by atoms with Gasteiger partial charge < -0.3 is 10.8 Å². The van der Waals surface area contributed by atoms with E-state index in [4.69, 9.17) is 11.0 Å². The van der Waals surface area contributed by atoms with E-state index in [1.165, 1.54) is 6.07 Å². The Morgan fingerprint density at radius 3 is 2.80 bits per heavy atom. The van der Waals surface area contributed by atoms with Gasteiger partial charge in [0.05, 0.1) is 0 Å². The fourth-order valence-corrected chi connectivity index (χ4v) is 1.45. The molecule has 0 fully saturated rings. The summed E-state index contributed by atoms with van der Waals surface area (Å²) < 4.78 is 13.1. The Labute approximate surface area is 87.9 Å².